The molecular weight excluding hydrogens is 242 g/mol. The van der Waals surface area contributed by atoms with Crippen LogP contribution in [-0.4, -0.2) is 18.9 Å². The second kappa shape index (κ2) is 8.91. The van der Waals surface area contributed by atoms with Gasteiger partial charge in [-0.2, -0.15) is 0 Å². The van der Waals surface area contributed by atoms with Crippen molar-refractivity contribution in [3.63, 3.8) is 0 Å². The Morgan fingerprint density at radius 3 is 2.47 bits per heavy atom. The molecule has 0 fully saturated rings. The van der Waals surface area contributed by atoms with E-state index in [1.807, 2.05) is 6.92 Å². The van der Waals surface area contributed by atoms with Gasteiger partial charge in [0.15, 0.2) is 0 Å². The van der Waals surface area contributed by atoms with E-state index in [-0.39, 0.29) is 12.2 Å². The van der Waals surface area contributed by atoms with Crippen molar-refractivity contribution in [1.82, 2.24) is 0 Å². The van der Waals surface area contributed by atoms with E-state index in [2.05, 4.69) is 17.9 Å². The van der Waals surface area contributed by atoms with Gasteiger partial charge in [-0.05, 0) is 18.1 Å². The van der Waals surface area contributed by atoms with Gasteiger partial charge < -0.3 is 10.5 Å². The summed E-state index contributed by atoms with van der Waals surface area (Å²) in [4.78, 5) is 23.0. The SMILES string of the molecule is C=C.CCCC(=O)Cc1cccc(C(=O)OC)c1N. The van der Waals surface area contributed by atoms with Gasteiger partial charge in [0.05, 0.1) is 12.7 Å². The molecule has 4 nitrogen and oxygen atoms in total. The Labute approximate surface area is 114 Å². The van der Waals surface area contributed by atoms with Crippen LogP contribution in [0.3, 0.4) is 0 Å². The zero-order chi connectivity index (χ0) is 14.8. The van der Waals surface area contributed by atoms with Crippen LogP contribution in [0.25, 0.3) is 0 Å². The number of carbonyl (C=O) groups excluding carboxylic acids is 2. The number of anilines is 1. The molecule has 0 aliphatic heterocycles. The predicted molar refractivity (Wildman–Crippen MR) is 77.1 cm³/mol. The molecule has 0 saturated heterocycles. The number of Topliss-reactive ketones (excluding diaryl/α,β-unsaturated/α-hetero) is 1. The average Bonchev–Trinajstić information content (AvgIpc) is 2.43. The van der Waals surface area contributed by atoms with Crippen LogP contribution in [0, 0.1) is 0 Å². The summed E-state index contributed by atoms with van der Waals surface area (Å²) in [7, 11) is 1.30. The van der Waals surface area contributed by atoms with Crippen LogP contribution in [0.1, 0.15) is 35.7 Å². The maximum atomic E-state index is 11.5. The van der Waals surface area contributed by atoms with Crippen LogP contribution in [0.15, 0.2) is 31.4 Å². The monoisotopic (exact) mass is 263 g/mol. The molecule has 0 aliphatic rings. The molecule has 1 aromatic rings. The third-order valence-electron chi connectivity index (χ3n) is 2.52. The van der Waals surface area contributed by atoms with Gasteiger partial charge in [0.25, 0.3) is 0 Å². The molecule has 0 heterocycles. The first-order valence-corrected chi connectivity index (χ1v) is 6.07. The minimum Gasteiger partial charge on any atom is -0.465 e. The number of carbonyl (C=O) groups is 2. The van der Waals surface area contributed by atoms with E-state index in [0.29, 0.717) is 23.2 Å². The summed E-state index contributed by atoms with van der Waals surface area (Å²) < 4.78 is 4.62. The molecule has 1 rings (SSSR count). The zero-order valence-corrected chi connectivity index (χ0v) is 11.6. The molecule has 0 aromatic heterocycles. The van der Waals surface area contributed by atoms with Gasteiger partial charge in [0.1, 0.15) is 5.78 Å². The van der Waals surface area contributed by atoms with E-state index >= 15 is 0 Å². The highest BCUT2D eigenvalue weighted by Gasteiger charge is 2.14. The predicted octanol–water partition coefficient (Wildman–Crippen LogP) is 2.77. The Hall–Kier alpha value is -2.10. The Kier molecular flexibility index (Phi) is 7.93. The summed E-state index contributed by atoms with van der Waals surface area (Å²) in [6.07, 6.45) is 1.61. The number of ketones is 1. The van der Waals surface area contributed by atoms with E-state index in [4.69, 9.17) is 5.73 Å². The van der Waals surface area contributed by atoms with Crippen molar-refractivity contribution in [1.29, 1.82) is 0 Å². The lowest BCUT2D eigenvalue weighted by Gasteiger charge is -2.08. The summed E-state index contributed by atoms with van der Waals surface area (Å²) >= 11 is 0. The highest BCUT2D eigenvalue weighted by Crippen LogP contribution is 2.19. The molecular formula is C15H21NO3. The molecule has 104 valence electrons. The normalized spacial score (nSPS) is 9.16. The van der Waals surface area contributed by atoms with E-state index in [0.717, 1.165) is 6.42 Å². The average molecular weight is 263 g/mol. The van der Waals surface area contributed by atoms with E-state index in [1.165, 1.54) is 7.11 Å². The molecule has 0 amide bonds. The second-order valence-electron chi connectivity index (χ2n) is 3.84. The molecule has 0 bridgehead atoms. The van der Waals surface area contributed by atoms with Crippen molar-refractivity contribution in [2.24, 2.45) is 0 Å². The molecule has 0 atom stereocenters. The minimum atomic E-state index is -0.479. The summed E-state index contributed by atoms with van der Waals surface area (Å²) in [5, 5.41) is 0. The van der Waals surface area contributed by atoms with Crippen molar-refractivity contribution in [2.75, 3.05) is 12.8 Å². The summed E-state index contributed by atoms with van der Waals surface area (Å²) in [5.74, 6) is -0.353. The van der Waals surface area contributed by atoms with Crippen LogP contribution in [-0.2, 0) is 16.0 Å². The van der Waals surface area contributed by atoms with Crippen LogP contribution in [0.2, 0.25) is 0 Å². The lowest BCUT2D eigenvalue weighted by atomic mass is 10.0. The van der Waals surface area contributed by atoms with Crippen LogP contribution >= 0.6 is 0 Å². The number of esters is 1. The largest absolute Gasteiger partial charge is 0.465 e. The fourth-order valence-electron chi connectivity index (χ4n) is 1.63. The molecule has 19 heavy (non-hydrogen) atoms. The maximum absolute atomic E-state index is 11.5. The van der Waals surface area contributed by atoms with E-state index in [1.54, 1.807) is 18.2 Å². The van der Waals surface area contributed by atoms with Gasteiger partial charge in [0, 0.05) is 18.5 Å². The van der Waals surface area contributed by atoms with Gasteiger partial charge in [-0.15, -0.1) is 13.2 Å². The number of benzene rings is 1. The summed E-state index contributed by atoms with van der Waals surface area (Å²) in [5.41, 5.74) is 7.19. The number of nitrogen functional groups attached to an aromatic ring is 1. The quantitative estimate of drug-likeness (QED) is 0.504. The smallest absolute Gasteiger partial charge is 0.339 e. The first-order chi connectivity index (χ1) is 9.10. The maximum Gasteiger partial charge on any atom is 0.339 e. The van der Waals surface area contributed by atoms with E-state index in [9.17, 15) is 9.59 Å². The Balaban J connectivity index is 0.00000154. The number of rotatable bonds is 5. The van der Waals surface area contributed by atoms with Gasteiger partial charge in [-0.3, -0.25) is 4.79 Å². The van der Waals surface area contributed by atoms with Gasteiger partial charge in [0.2, 0.25) is 0 Å². The fraction of sp³-hybridized carbons (Fsp3) is 0.333. The van der Waals surface area contributed by atoms with Gasteiger partial charge in [-0.25, -0.2) is 4.79 Å². The number of para-hydroxylation sites is 1. The number of hydrogen-bond donors (Lipinski definition) is 1. The van der Waals surface area contributed by atoms with E-state index < -0.39 is 5.97 Å². The van der Waals surface area contributed by atoms with Crippen molar-refractivity contribution in [2.45, 2.75) is 26.2 Å². The molecule has 0 radical (unpaired) electrons. The Morgan fingerprint density at radius 2 is 1.95 bits per heavy atom. The number of hydrogen-bond acceptors (Lipinski definition) is 4. The first kappa shape index (κ1) is 16.9. The summed E-state index contributed by atoms with van der Waals surface area (Å²) in [6.45, 7) is 7.95. The number of nitrogens with two attached hydrogens (primary N) is 1. The molecule has 2 N–H and O–H groups in total. The minimum absolute atomic E-state index is 0.126. The van der Waals surface area contributed by atoms with Crippen LogP contribution in [0.4, 0.5) is 5.69 Å². The standard InChI is InChI=1S/C13H17NO3.C2H4/c1-3-5-10(15)8-9-6-4-7-11(12(9)14)13(16)17-2;1-2/h4,6-7H,3,5,8,14H2,1-2H3;1-2H2. The van der Waals surface area contributed by atoms with Crippen molar-refractivity contribution >= 4 is 17.4 Å². The fourth-order valence-corrected chi connectivity index (χ4v) is 1.63. The Morgan fingerprint density at radius 1 is 1.32 bits per heavy atom. The lowest BCUT2D eigenvalue weighted by Crippen LogP contribution is -2.10. The molecule has 0 spiro atoms. The zero-order valence-electron chi connectivity index (χ0n) is 11.6. The molecule has 1 aromatic carbocycles. The van der Waals surface area contributed by atoms with Gasteiger partial charge in [-0.1, -0.05) is 19.1 Å². The topological polar surface area (TPSA) is 69.4 Å². The highest BCUT2D eigenvalue weighted by atomic mass is 16.5. The second-order valence-corrected chi connectivity index (χ2v) is 3.84. The van der Waals surface area contributed by atoms with Gasteiger partial charge >= 0.3 is 5.97 Å². The lowest BCUT2D eigenvalue weighted by molar-refractivity contribution is -0.118. The third-order valence-corrected chi connectivity index (χ3v) is 2.52. The third kappa shape index (κ3) is 4.95. The van der Waals surface area contributed by atoms with Crippen molar-refractivity contribution in [3.05, 3.63) is 42.5 Å². The molecule has 0 aliphatic carbocycles. The number of ether oxygens (including phenoxy) is 1. The van der Waals surface area contributed by atoms with Crippen molar-refractivity contribution < 1.29 is 14.3 Å². The highest BCUT2D eigenvalue weighted by molar-refractivity contribution is 5.96. The Bertz CT molecular complexity index is 441. The molecule has 0 unspecified atom stereocenters. The molecule has 4 heteroatoms. The number of methoxy groups -OCH3 is 1. The van der Waals surface area contributed by atoms with Crippen LogP contribution in [0.5, 0.6) is 0 Å². The molecule has 0 saturated carbocycles. The van der Waals surface area contributed by atoms with Crippen LogP contribution < -0.4 is 5.73 Å². The summed E-state index contributed by atoms with van der Waals surface area (Å²) in [6, 6.07) is 5.06. The first-order valence-electron chi connectivity index (χ1n) is 6.07. The van der Waals surface area contributed by atoms with Crippen molar-refractivity contribution in [3.8, 4) is 0 Å².